The van der Waals surface area contributed by atoms with Crippen molar-refractivity contribution in [3.63, 3.8) is 0 Å². The molecule has 1 aromatic rings. The maximum Gasteiger partial charge on any atom is 0.220 e. The number of piperidine rings is 1. The molecule has 0 aromatic heterocycles. The third-order valence-electron chi connectivity index (χ3n) is 3.98. The molecule has 1 aliphatic heterocycles. The Hall–Kier alpha value is -0.520. The Morgan fingerprint density at radius 2 is 2.05 bits per heavy atom. The van der Waals surface area contributed by atoms with E-state index in [2.05, 4.69) is 45.6 Å². The van der Waals surface area contributed by atoms with Crippen LogP contribution in [0.15, 0.2) is 33.6 Å². The fourth-order valence-corrected chi connectivity index (χ4v) is 3.83. The summed E-state index contributed by atoms with van der Waals surface area (Å²) >= 11 is 5.24. The molecule has 1 amide bonds. The van der Waals surface area contributed by atoms with Crippen LogP contribution in [0.3, 0.4) is 0 Å². The second kappa shape index (κ2) is 9.58. The topological polar surface area (TPSA) is 41.1 Å². The number of halogens is 1. The van der Waals surface area contributed by atoms with Gasteiger partial charge in [-0.1, -0.05) is 22.9 Å². The van der Waals surface area contributed by atoms with Crippen molar-refractivity contribution in [3.8, 4) is 0 Å². The van der Waals surface area contributed by atoms with Crippen LogP contribution in [0.1, 0.15) is 32.6 Å². The first-order chi connectivity index (χ1) is 10.6. The van der Waals surface area contributed by atoms with Gasteiger partial charge in [0.25, 0.3) is 0 Å². The van der Waals surface area contributed by atoms with Crippen LogP contribution >= 0.6 is 27.7 Å². The molecular formula is C17H25BrN2OS. The normalized spacial score (nSPS) is 17.2. The number of thioether (sulfide) groups is 1. The van der Waals surface area contributed by atoms with Crippen LogP contribution in [0.25, 0.3) is 0 Å². The second-order valence-electron chi connectivity index (χ2n) is 5.92. The highest BCUT2D eigenvalue weighted by Gasteiger charge is 2.14. The molecule has 122 valence electrons. The maximum atomic E-state index is 11.9. The number of hydrogen-bond donors (Lipinski definition) is 2. The lowest BCUT2D eigenvalue weighted by Crippen LogP contribution is -2.31. The van der Waals surface area contributed by atoms with Crippen molar-refractivity contribution in [2.24, 2.45) is 5.92 Å². The molecule has 1 fully saturated rings. The first-order valence-corrected chi connectivity index (χ1v) is 9.70. The number of nitrogens with one attached hydrogen (secondary N) is 2. The fourth-order valence-electron chi connectivity index (χ4n) is 2.64. The van der Waals surface area contributed by atoms with Crippen molar-refractivity contribution < 1.29 is 4.79 Å². The van der Waals surface area contributed by atoms with Gasteiger partial charge in [-0.15, -0.1) is 11.8 Å². The summed E-state index contributed by atoms with van der Waals surface area (Å²) in [4.78, 5) is 13.2. The molecule has 5 heteroatoms. The van der Waals surface area contributed by atoms with Gasteiger partial charge in [-0.3, -0.25) is 4.79 Å². The van der Waals surface area contributed by atoms with E-state index in [-0.39, 0.29) is 5.91 Å². The van der Waals surface area contributed by atoms with Gasteiger partial charge in [-0.05, 0) is 62.5 Å². The fraction of sp³-hybridized carbons (Fsp3) is 0.588. The van der Waals surface area contributed by atoms with Crippen molar-refractivity contribution in [2.75, 3.05) is 19.6 Å². The molecule has 1 aliphatic rings. The van der Waals surface area contributed by atoms with Gasteiger partial charge in [0.2, 0.25) is 5.91 Å². The molecule has 0 radical (unpaired) electrons. The second-order valence-corrected chi connectivity index (χ2v) is 8.35. The Balaban J connectivity index is 1.61. The quantitative estimate of drug-likeness (QED) is 0.701. The van der Waals surface area contributed by atoms with Crippen LogP contribution in [0.2, 0.25) is 0 Å². The molecule has 0 aliphatic carbocycles. The van der Waals surface area contributed by atoms with Gasteiger partial charge in [0.1, 0.15) is 0 Å². The Labute approximate surface area is 146 Å². The largest absolute Gasteiger partial charge is 0.355 e. The van der Waals surface area contributed by atoms with E-state index < -0.39 is 0 Å². The van der Waals surface area contributed by atoms with Crippen LogP contribution in [0.5, 0.6) is 0 Å². The van der Waals surface area contributed by atoms with E-state index in [0.717, 1.165) is 36.4 Å². The predicted molar refractivity (Wildman–Crippen MR) is 97.3 cm³/mol. The highest BCUT2D eigenvalue weighted by Crippen LogP contribution is 2.24. The summed E-state index contributed by atoms with van der Waals surface area (Å²) in [6.07, 6.45) is 4.12. The van der Waals surface area contributed by atoms with Gasteiger partial charge in [0.15, 0.2) is 0 Å². The Morgan fingerprint density at radius 1 is 1.36 bits per heavy atom. The number of hydrogen-bond acceptors (Lipinski definition) is 3. The molecule has 22 heavy (non-hydrogen) atoms. The molecule has 1 aromatic carbocycles. The first-order valence-electron chi connectivity index (χ1n) is 8.03. The van der Waals surface area contributed by atoms with Crippen LogP contribution in [0.4, 0.5) is 0 Å². The Morgan fingerprint density at radius 3 is 2.73 bits per heavy atom. The molecule has 1 unspecified atom stereocenters. The van der Waals surface area contributed by atoms with E-state index in [1.54, 1.807) is 11.8 Å². The number of benzene rings is 1. The minimum absolute atomic E-state index is 0.196. The van der Waals surface area contributed by atoms with E-state index in [0.29, 0.717) is 11.7 Å². The van der Waals surface area contributed by atoms with Crippen LogP contribution in [-0.4, -0.2) is 30.8 Å². The summed E-state index contributed by atoms with van der Waals surface area (Å²) < 4.78 is 1.09. The average Bonchev–Trinajstić information content (AvgIpc) is 2.54. The molecule has 0 saturated carbocycles. The molecule has 1 heterocycles. The Kier molecular flexibility index (Phi) is 7.76. The summed E-state index contributed by atoms with van der Waals surface area (Å²) in [6, 6.07) is 8.30. The van der Waals surface area contributed by atoms with Gasteiger partial charge >= 0.3 is 0 Å². The van der Waals surface area contributed by atoms with E-state index >= 15 is 0 Å². The lowest BCUT2D eigenvalue weighted by molar-refractivity contribution is -0.121. The van der Waals surface area contributed by atoms with Crippen LogP contribution in [0, 0.1) is 5.92 Å². The maximum absolute atomic E-state index is 11.9. The predicted octanol–water partition coefficient (Wildman–Crippen LogP) is 3.83. The summed E-state index contributed by atoms with van der Waals surface area (Å²) in [6.45, 7) is 5.09. The van der Waals surface area contributed by atoms with Gasteiger partial charge in [0.05, 0.1) is 0 Å². The van der Waals surface area contributed by atoms with Crippen molar-refractivity contribution in [2.45, 2.75) is 42.8 Å². The van der Waals surface area contributed by atoms with E-state index in [4.69, 9.17) is 0 Å². The van der Waals surface area contributed by atoms with E-state index in [9.17, 15) is 4.79 Å². The number of carbonyl (C=O) groups excluding carboxylic acids is 1. The van der Waals surface area contributed by atoms with E-state index in [1.165, 1.54) is 17.7 Å². The summed E-state index contributed by atoms with van der Waals surface area (Å²) in [5, 5.41) is 6.81. The van der Waals surface area contributed by atoms with Crippen molar-refractivity contribution in [3.05, 3.63) is 28.7 Å². The average molecular weight is 385 g/mol. The Bertz CT molecular complexity index is 460. The van der Waals surface area contributed by atoms with Crippen molar-refractivity contribution >= 4 is 33.6 Å². The smallest absolute Gasteiger partial charge is 0.220 e. The van der Waals surface area contributed by atoms with Crippen LogP contribution in [-0.2, 0) is 4.79 Å². The monoisotopic (exact) mass is 384 g/mol. The SMILES string of the molecule is CC(CNC(=O)CCC1CCNCC1)Sc1ccc(Br)cc1. The summed E-state index contributed by atoms with van der Waals surface area (Å²) in [5.41, 5.74) is 0. The zero-order valence-corrected chi connectivity index (χ0v) is 15.5. The lowest BCUT2D eigenvalue weighted by atomic mass is 9.93. The molecular weight excluding hydrogens is 360 g/mol. The molecule has 1 atom stereocenters. The first kappa shape index (κ1) is 17.8. The minimum Gasteiger partial charge on any atom is -0.355 e. The molecule has 2 N–H and O–H groups in total. The highest BCUT2D eigenvalue weighted by molar-refractivity contribution is 9.10. The van der Waals surface area contributed by atoms with Gasteiger partial charge in [-0.25, -0.2) is 0 Å². The standard InChI is InChI=1S/C17H25BrN2OS/c1-13(22-16-5-3-15(18)4-6-16)12-20-17(21)7-2-14-8-10-19-11-9-14/h3-6,13-14,19H,2,7-12H2,1H3,(H,20,21). The van der Waals surface area contributed by atoms with Crippen molar-refractivity contribution in [1.82, 2.24) is 10.6 Å². The van der Waals surface area contributed by atoms with Crippen molar-refractivity contribution in [1.29, 1.82) is 0 Å². The molecule has 3 nitrogen and oxygen atoms in total. The number of carbonyl (C=O) groups is 1. The van der Waals surface area contributed by atoms with Gasteiger partial charge in [-0.2, -0.15) is 0 Å². The third kappa shape index (κ3) is 6.71. The zero-order chi connectivity index (χ0) is 15.8. The molecule has 0 bridgehead atoms. The summed E-state index contributed by atoms with van der Waals surface area (Å²) in [7, 11) is 0. The summed E-state index contributed by atoms with van der Waals surface area (Å²) in [5.74, 6) is 0.920. The molecule has 1 saturated heterocycles. The zero-order valence-electron chi connectivity index (χ0n) is 13.1. The third-order valence-corrected chi connectivity index (χ3v) is 5.62. The number of rotatable bonds is 7. The van der Waals surface area contributed by atoms with Gasteiger partial charge < -0.3 is 10.6 Å². The highest BCUT2D eigenvalue weighted by atomic mass is 79.9. The number of amides is 1. The van der Waals surface area contributed by atoms with E-state index in [1.807, 2.05) is 12.1 Å². The molecule has 2 rings (SSSR count). The minimum atomic E-state index is 0.196. The van der Waals surface area contributed by atoms with Gasteiger partial charge in [0, 0.05) is 27.6 Å². The van der Waals surface area contributed by atoms with Crippen LogP contribution < -0.4 is 10.6 Å². The molecule has 0 spiro atoms. The lowest BCUT2D eigenvalue weighted by Gasteiger charge is -2.22.